The van der Waals surface area contributed by atoms with Gasteiger partial charge in [-0.1, -0.05) is 33.2 Å². The molecule has 7 heteroatoms. The number of carbonyl (C=O) groups excluding carboxylic acids is 1. The number of esters is 1. The molecular formula is C11H12BrN3O3. The first-order valence-corrected chi connectivity index (χ1v) is 6.03. The van der Waals surface area contributed by atoms with Crippen LogP contribution in [0.4, 0.5) is 0 Å². The lowest BCUT2D eigenvalue weighted by molar-refractivity contribution is -0.147. The van der Waals surface area contributed by atoms with Gasteiger partial charge in [0.15, 0.2) is 6.04 Å². The van der Waals surface area contributed by atoms with Crippen LogP contribution >= 0.6 is 15.9 Å². The summed E-state index contributed by atoms with van der Waals surface area (Å²) in [6.45, 7) is 1.79. The van der Waals surface area contributed by atoms with Crippen LogP contribution in [0.25, 0.3) is 10.4 Å². The van der Waals surface area contributed by atoms with E-state index in [2.05, 4.69) is 26.0 Å². The zero-order valence-corrected chi connectivity index (χ0v) is 11.2. The van der Waals surface area contributed by atoms with Gasteiger partial charge in [-0.2, -0.15) is 0 Å². The van der Waals surface area contributed by atoms with Crippen molar-refractivity contribution in [1.82, 2.24) is 0 Å². The Hall–Kier alpha value is -1.56. The quantitative estimate of drug-likeness (QED) is 0.392. The molecule has 2 atom stereocenters. The lowest BCUT2D eigenvalue weighted by Gasteiger charge is -2.17. The van der Waals surface area contributed by atoms with E-state index in [1.54, 1.807) is 31.2 Å². The van der Waals surface area contributed by atoms with E-state index in [1.165, 1.54) is 0 Å². The first-order chi connectivity index (χ1) is 8.60. The lowest BCUT2D eigenvalue weighted by Crippen LogP contribution is -2.28. The average Bonchev–Trinajstić information content (AvgIpc) is 2.35. The first-order valence-electron chi connectivity index (χ1n) is 5.24. The van der Waals surface area contributed by atoms with E-state index in [0.29, 0.717) is 5.56 Å². The predicted molar refractivity (Wildman–Crippen MR) is 68.7 cm³/mol. The fraction of sp³-hybridized carbons (Fsp3) is 0.364. The summed E-state index contributed by atoms with van der Waals surface area (Å²) in [5, 5.41) is 13.3. The number of aliphatic hydroxyl groups excluding tert-OH is 1. The first kappa shape index (κ1) is 14.5. The van der Waals surface area contributed by atoms with Gasteiger partial charge in [-0.25, -0.2) is 0 Å². The fourth-order valence-electron chi connectivity index (χ4n) is 1.40. The molecular weight excluding hydrogens is 302 g/mol. The summed E-state index contributed by atoms with van der Waals surface area (Å²) < 4.78 is 5.51. The number of azide groups is 1. The highest BCUT2D eigenvalue weighted by molar-refractivity contribution is 9.10. The number of hydrogen-bond acceptors (Lipinski definition) is 4. The zero-order chi connectivity index (χ0) is 13.5. The number of carbonyl (C=O) groups is 1. The molecule has 6 nitrogen and oxygen atoms in total. The molecule has 1 N–H and O–H groups in total. The number of hydrogen-bond donors (Lipinski definition) is 1. The lowest BCUT2D eigenvalue weighted by atomic mass is 10.0. The summed E-state index contributed by atoms with van der Waals surface area (Å²) in [5.41, 5.74) is 8.90. The van der Waals surface area contributed by atoms with E-state index in [-0.39, 0.29) is 6.61 Å². The minimum Gasteiger partial charge on any atom is -0.466 e. The van der Waals surface area contributed by atoms with Gasteiger partial charge in [0.05, 0.1) is 12.7 Å². The second-order valence-corrected chi connectivity index (χ2v) is 4.32. The van der Waals surface area contributed by atoms with Gasteiger partial charge in [-0.15, -0.1) is 0 Å². The predicted octanol–water partition coefficient (Wildman–Crippen LogP) is 2.72. The van der Waals surface area contributed by atoms with Gasteiger partial charge in [-0.3, -0.25) is 4.79 Å². The molecule has 96 valence electrons. The van der Waals surface area contributed by atoms with Crippen LogP contribution in [0.5, 0.6) is 0 Å². The Labute approximate surface area is 112 Å². The molecule has 1 aromatic carbocycles. The largest absolute Gasteiger partial charge is 0.466 e. The molecule has 0 aliphatic heterocycles. The summed E-state index contributed by atoms with van der Waals surface area (Å²) in [5.74, 6) is -0.747. The van der Waals surface area contributed by atoms with Crippen LogP contribution in [-0.2, 0) is 9.53 Å². The van der Waals surface area contributed by atoms with Gasteiger partial charge in [0.25, 0.3) is 0 Å². The summed E-state index contributed by atoms with van der Waals surface area (Å²) in [6, 6.07) is 5.48. The van der Waals surface area contributed by atoms with Crippen molar-refractivity contribution in [3.8, 4) is 0 Å². The van der Waals surface area contributed by atoms with Gasteiger partial charge < -0.3 is 9.84 Å². The smallest absolute Gasteiger partial charge is 0.317 e. The van der Waals surface area contributed by atoms with Gasteiger partial charge >= 0.3 is 5.97 Å². The molecule has 0 amide bonds. The third-order valence-electron chi connectivity index (χ3n) is 2.19. The topological polar surface area (TPSA) is 95.3 Å². The average molecular weight is 314 g/mol. The molecule has 0 aliphatic rings. The van der Waals surface area contributed by atoms with Gasteiger partial charge in [0.1, 0.15) is 0 Å². The zero-order valence-electron chi connectivity index (χ0n) is 9.65. The number of nitrogens with zero attached hydrogens (tertiary/aromatic N) is 3. The van der Waals surface area contributed by atoms with Crippen LogP contribution in [0.2, 0.25) is 0 Å². The molecule has 0 bridgehead atoms. The SMILES string of the molecule is CCOC(=O)[C@@H](N=[N+]=[N-])[C@H](O)c1cccc(Br)c1. The summed E-state index contributed by atoms with van der Waals surface area (Å²) in [6.07, 6.45) is -1.24. The van der Waals surface area contributed by atoms with E-state index in [9.17, 15) is 9.90 Å². The Bertz CT molecular complexity index is 474. The Kier molecular flexibility index (Phi) is 5.64. The molecule has 0 radical (unpaired) electrons. The standard InChI is InChI=1S/C11H12BrN3O3/c1-2-18-11(17)9(14-15-13)10(16)7-4-3-5-8(12)6-7/h3-6,9-10,16H,2H2,1H3/t9-,10+/m0/s1. The molecule has 0 aromatic heterocycles. The van der Waals surface area contributed by atoms with Crippen LogP contribution in [0, 0.1) is 0 Å². The van der Waals surface area contributed by atoms with Crippen molar-refractivity contribution in [3.63, 3.8) is 0 Å². The summed E-state index contributed by atoms with van der Waals surface area (Å²) in [7, 11) is 0. The maximum Gasteiger partial charge on any atom is 0.317 e. The fourth-order valence-corrected chi connectivity index (χ4v) is 1.81. The van der Waals surface area contributed by atoms with Crippen LogP contribution in [0.3, 0.4) is 0 Å². The second kappa shape index (κ2) is 7.00. The Morgan fingerprint density at radius 2 is 2.39 bits per heavy atom. The van der Waals surface area contributed by atoms with Crippen molar-refractivity contribution in [2.24, 2.45) is 5.11 Å². The minimum atomic E-state index is -1.29. The molecule has 1 aromatic rings. The van der Waals surface area contributed by atoms with Crippen molar-refractivity contribution in [3.05, 3.63) is 44.7 Å². The number of aliphatic hydroxyl groups is 1. The van der Waals surface area contributed by atoms with E-state index in [4.69, 9.17) is 10.3 Å². The van der Waals surface area contributed by atoms with E-state index < -0.39 is 18.1 Å². The highest BCUT2D eigenvalue weighted by Gasteiger charge is 2.28. The molecule has 0 aliphatic carbocycles. The monoisotopic (exact) mass is 313 g/mol. The number of rotatable bonds is 5. The van der Waals surface area contributed by atoms with Crippen molar-refractivity contribution in [1.29, 1.82) is 0 Å². The van der Waals surface area contributed by atoms with E-state index in [0.717, 1.165) is 4.47 Å². The third kappa shape index (κ3) is 3.73. The van der Waals surface area contributed by atoms with Gasteiger partial charge in [-0.05, 0) is 30.2 Å². The Morgan fingerprint density at radius 1 is 1.67 bits per heavy atom. The molecule has 0 fully saturated rings. The van der Waals surface area contributed by atoms with Crippen LogP contribution in [0.1, 0.15) is 18.6 Å². The highest BCUT2D eigenvalue weighted by atomic mass is 79.9. The normalized spacial score (nSPS) is 13.3. The van der Waals surface area contributed by atoms with E-state index >= 15 is 0 Å². The van der Waals surface area contributed by atoms with Crippen LogP contribution < -0.4 is 0 Å². The van der Waals surface area contributed by atoms with Crippen molar-refractivity contribution in [2.75, 3.05) is 6.61 Å². The van der Waals surface area contributed by atoms with E-state index in [1.807, 2.05) is 0 Å². The number of halogens is 1. The summed E-state index contributed by atoms with van der Waals surface area (Å²) in [4.78, 5) is 14.1. The van der Waals surface area contributed by atoms with Crippen molar-refractivity contribution >= 4 is 21.9 Å². The maximum atomic E-state index is 11.6. The number of ether oxygens (including phenoxy) is 1. The summed E-state index contributed by atoms with van der Waals surface area (Å²) >= 11 is 3.26. The van der Waals surface area contributed by atoms with Crippen LogP contribution in [0.15, 0.2) is 33.9 Å². The Balaban J connectivity index is 2.99. The molecule has 18 heavy (non-hydrogen) atoms. The molecule has 0 spiro atoms. The molecule has 0 saturated carbocycles. The third-order valence-corrected chi connectivity index (χ3v) is 2.69. The van der Waals surface area contributed by atoms with Crippen molar-refractivity contribution < 1.29 is 14.6 Å². The maximum absolute atomic E-state index is 11.6. The number of benzene rings is 1. The van der Waals surface area contributed by atoms with Crippen LogP contribution in [-0.4, -0.2) is 23.7 Å². The molecule has 1 rings (SSSR count). The van der Waals surface area contributed by atoms with Gasteiger partial charge in [0, 0.05) is 9.38 Å². The second-order valence-electron chi connectivity index (χ2n) is 3.40. The molecule has 0 unspecified atom stereocenters. The van der Waals surface area contributed by atoms with Gasteiger partial charge in [0.2, 0.25) is 0 Å². The Morgan fingerprint density at radius 3 is 2.94 bits per heavy atom. The van der Waals surface area contributed by atoms with Crippen molar-refractivity contribution in [2.45, 2.75) is 19.1 Å². The molecule has 0 heterocycles. The highest BCUT2D eigenvalue weighted by Crippen LogP contribution is 2.23. The minimum absolute atomic E-state index is 0.154. The molecule has 0 saturated heterocycles.